The molecular weight excluding hydrogens is 470 g/mol. The highest BCUT2D eigenvalue weighted by Gasteiger charge is 2.33. The van der Waals surface area contributed by atoms with Crippen molar-refractivity contribution < 1.29 is 30.0 Å². The zero-order valence-electron chi connectivity index (χ0n) is 22.4. The van der Waals surface area contributed by atoms with Gasteiger partial charge in [0.2, 0.25) is 11.8 Å². The lowest BCUT2D eigenvalue weighted by atomic mass is 9.95. The SMILES string of the molecule is CC[C@H](C)[C@H](NC(=O)C[C@H](O)[C@@H]([NH3+])Cc1ccccc1)C(=O)N[C@H](C(=O)OCc1ccccc1)C(C)C. The first-order chi connectivity index (χ1) is 17.6. The normalized spacial score (nSPS) is 15.2. The molecule has 0 fully saturated rings. The summed E-state index contributed by atoms with van der Waals surface area (Å²) < 4.78 is 5.45. The smallest absolute Gasteiger partial charge is 0.329 e. The molecule has 0 aliphatic carbocycles. The highest BCUT2D eigenvalue weighted by atomic mass is 16.5. The van der Waals surface area contributed by atoms with Gasteiger partial charge in [-0.3, -0.25) is 9.59 Å². The van der Waals surface area contributed by atoms with Gasteiger partial charge in [-0.15, -0.1) is 0 Å². The van der Waals surface area contributed by atoms with Crippen LogP contribution in [0.3, 0.4) is 0 Å². The summed E-state index contributed by atoms with van der Waals surface area (Å²) in [7, 11) is 0. The van der Waals surface area contributed by atoms with Gasteiger partial charge in [0.05, 0.1) is 6.42 Å². The van der Waals surface area contributed by atoms with Crippen LogP contribution < -0.4 is 16.4 Å². The van der Waals surface area contributed by atoms with Crippen molar-refractivity contribution in [1.29, 1.82) is 0 Å². The molecule has 2 aromatic rings. The van der Waals surface area contributed by atoms with Crippen molar-refractivity contribution in [2.45, 2.75) is 77.8 Å². The van der Waals surface area contributed by atoms with E-state index in [1.807, 2.05) is 88.4 Å². The summed E-state index contributed by atoms with van der Waals surface area (Å²) in [6.07, 6.45) is 0.0365. The Hall–Kier alpha value is -3.23. The fraction of sp³-hybridized carbons (Fsp3) is 0.483. The molecule has 0 aliphatic rings. The highest BCUT2D eigenvalue weighted by Crippen LogP contribution is 2.13. The van der Waals surface area contributed by atoms with Crippen LogP contribution in [0.2, 0.25) is 0 Å². The summed E-state index contributed by atoms with van der Waals surface area (Å²) in [5.74, 6) is -1.83. The van der Waals surface area contributed by atoms with Crippen molar-refractivity contribution in [2.75, 3.05) is 0 Å². The Labute approximate surface area is 220 Å². The van der Waals surface area contributed by atoms with Crippen molar-refractivity contribution in [3.63, 3.8) is 0 Å². The molecule has 6 N–H and O–H groups in total. The largest absolute Gasteiger partial charge is 0.459 e. The minimum Gasteiger partial charge on any atom is -0.459 e. The monoisotopic (exact) mass is 512 g/mol. The van der Waals surface area contributed by atoms with Crippen LogP contribution in [0.4, 0.5) is 0 Å². The van der Waals surface area contributed by atoms with Crippen LogP contribution in [0, 0.1) is 11.8 Å². The van der Waals surface area contributed by atoms with Crippen LogP contribution in [0.15, 0.2) is 60.7 Å². The lowest BCUT2D eigenvalue weighted by Crippen LogP contribution is -2.68. The third-order valence-corrected chi connectivity index (χ3v) is 6.53. The Bertz CT molecular complexity index is 984. The summed E-state index contributed by atoms with van der Waals surface area (Å²) in [5.41, 5.74) is 5.89. The van der Waals surface area contributed by atoms with Gasteiger partial charge in [0.15, 0.2) is 0 Å². The average molecular weight is 513 g/mol. The average Bonchev–Trinajstić information content (AvgIpc) is 2.89. The Kier molecular flexibility index (Phi) is 12.3. The van der Waals surface area contributed by atoms with Gasteiger partial charge in [-0.1, -0.05) is 94.8 Å². The second-order valence-electron chi connectivity index (χ2n) is 9.98. The number of carbonyl (C=O) groups is 3. The van der Waals surface area contributed by atoms with Gasteiger partial charge in [0, 0.05) is 6.42 Å². The minimum absolute atomic E-state index is 0.109. The number of amides is 2. The van der Waals surface area contributed by atoms with Gasteiger partial charge in [-0.2, -0.15) is 0 Å². The molecule has 0 bridgehead atoms. The predicted molar refractivity (Wildman–Crippen MR) is 142 cm³/mol. The van der Waals surface area contributed by atoms with E-state index in [4.69, 9.17) is 4.74 Å². The van der Waals surface area contributed by atoms with Gasteiger partial charge in [-0.25, -0.2) is 4.79 Å². The molecule has 2 rings (SSSR count). The zero-order chi connectivity index (χ0) is 27.4. The van der Waals surface area contributed by atoms with E-state index in [0.717, 1.165) is 11.1 Å². The molecule has 5 atom stereocenters. The van der Waals surface area contributed by atoms with E-state index in [2.05, 4.69) is 16.4 Å². The van der Waals surface area contributed by atoms with Crippen LogP contribution in [0.25, 0.3) is 0 Å². The van der Waals surface area contributed by atoms with E-state index in [1.165, 1.54) is 0 Å². The maximum Gasteiger partial charge on any atom is 0.329 e. The molecule has 0 saturated carbocycles. The molecule has 37 heavy (non-hydrogen) atoms. The van der Waals surface area contributed by atoms with Crippen LogP contribution >= 0.6 is 0 Å². The number of rotatable bonds is 14. The molecule has 0 heterocycles. The van der Waals surface area contributed by atoms with E-state index in [0.29, 0.717) is 12.8 Å². The number of hydrogen-bond donors (Lipinski definition) is 4. The molecule has 0 radical (unpaired) electrons. The molecule has 202 valence electrons. The maximum atomic E-state index is 13.2. The van der Waals surface area contributed by atoms with E-state index < -0.39 is 36.0 Å². The van der Waals surface area contributed by atoms with Crippen LogP contribution in [-0.4, -0.2) is 47.1 Å². The Morgan fingerprint density at radius 3 is 2.00 bits per heavy atom. The first-order valence-electron chi connectivity index (χ1n) is 13.0. The predicted octanol–water partition coefficient (Wildman–Crippen LogP) is 2.01. The number of aliphatic hydroxyl groups excluding tert-OH is 1. The second-order valence-corrected chi connectivity index (χ2v) is 9.98. The lowest BCUT2D eigenvalue weighted by Gasteiger charge is -2.28. The number of hydrogen-bond acceptors (Lipinski definition) is 5. The Morgan fingerprint density at radius 1 is 0.892 bits per heavy atom. The van der Waals surface area contributed by atoms with Crippen molar-refractivity contribution in [2.24, 2.45) is 11.8 Å². The highest BCUT2D eigenvalue weighted by molar-refractivity contribution is 5.91. The van der Waals surface area contributed by atoms with E-state index in [1.54, 1.807) is 0 Å². The third kappa shape index (κ3) is 9.98. The number of nitrogens with one attached hydrogen (secondary N) is 2. The van der Waals surface area contributed by atoms with E-state index in [-0.39, 0.29) is 30.9 Å². The first-order valence-corrected chi connectivity index (χ1v) is 13.0. The quantitative estimate of drug-likeness (QED) is 0.288. The molecule has 8 heteroatoms. The van der Waals surface area contributed by atoms with E-state index in [9.17, 15) is 19.5 Å². The van der Waals surface area contributed by atoms with Crippen molar-refractivity contribution >= 4 is 17.8 Å². The van der Waals surface area contributed by atoms with Gasteiger partial charge < -0.3 is 26.2 Å². The van der Waals surface area contributed by atoms with Crippen LogP contribution in [0.5, 0.6) is 0 Å². The summed E-state index contributed by atoms with van der Waals surface area (Å²) in [6.45, 7) is 7.54. The van der Waals surface area contributed by atoms with Crippen LogP contribution in [-0.2, 0) is 32.1 Å². The molecule has 0 saturated heterocycles. The first kappa shape index (κ1) is 30.0. The van der Waals surface area contributed by atoms with Gasteiger partial charge in [-0.05, 0) is 23.0 Å². The molecule has 0 aromatic heterocycles. The number of aliphatic hydroxyl groups is 1. The molecule has 0 aliphatic heterocycles. The number of carbonyl (C=O) groups excluding carboxylic acids is 3. The molecule has 0 unspecified atom stereocenters. The maximum absolute atomic E-state index is 13.2. The van der Waals surface area contributed by atoms with Crippen molar-refractivity contribution in [3.05, 3.63) is 71.8 Å². The van der Waals surface area contributed by atoms with Gasteiger partial charge in [0.25, 0.3) is 0 Å². The molecular formula is C29H42N3O5+. The Morgan fingerprint density at radius 2 is 1.46 bits per heavy atom. The minimum atomic E-state index is -0.961. The fourth-order valence-corrected chi connectivity index (χ4v) is 3.90. The van der Waals surface area contributed by atoms with Gasteiger partial charge in [0.1, 0.15) is 30.8 Å². The zero-order valence-corrected chi connectivity index (χ0v) is 22.4. The number of quaternary nitrogens is 1. The number of esters is 1. The van der Waals surface area contributed by atoms with E-state index >= 15 is 0 Å². The summed E-state index contributed by atoms with van der Waals surface area (Å²) >= 11 is 0. The Balaban J connectivity index is 1.98. The summed E-state index contributed by atoms with van der Waals surface area (Å²) in [4.78, 5) is 38.8. The summed E-state index contributed by atoms with van der Waals surface area (Å²) in [6, 6.07) is 16.9. The standard InChI is InChI=1S/C29H41N3O5/c1-5-20(4)27(31-25(34)17-24(33)23(30)16-21-12-8-6-9-13-21)28(35)32-26(19(2)3)29(36)37-18-22-14-10-7-11-15-22/h6-15,19-20,23-24,26-27,33H,5,16-18,30H2,1-4H3,(H,31,34)(H,32,35)/p+1/t20-,23-,24-,26-,27-/m0/s1. The van der Waals surface area contributed by atoms with Crippen molar-refractivity contribution in [1.82, 2.24) is 10.6 Å². The molecule has 8 nitrogen and oxygen atoms in total. The second kappa shape index (κ2) is 15.1. The molecule has 2 amide bonds. The molecule has 2 aromatic carbocycles. The number of benzene rings is 2. The van der Waals surface area contributed by atoms with Gasteiger partial charge >= 0.3 is 5.97 Å². The summed E-state index contributed by atoms with van der Waals surface area (Å²) in [5, 5.41) is 16.1. The third-order valence-electron chi connectivity index (χ3n) is 6.53. The van der Waals surface area contributed by atoms with Crippen LogP contribution in [0.1, 0.15) is 51.7 Å². The fourth-order valence-electron chi connectivity index (χ4n) is 3.90. The number of ether oxygens (including phenoxy) is 1. The topological polar surface area (TPSA) is 132 Å². The lowest BCUT2D eigenvalue weighted by molar-refractivity contribution is -0.436. The van der Waals surface area contributed by atoms with Crippen molar-refractivity contribution in [3.8, 4) is 0 Å². The molecule has 0 spiro atoms.